The van der Waals surface area contributed by atoms with Crippen LogP contribution in [0.3, 0.4) is 0 Å². The molecule has 3 nitrogen and oxygen atoms in total. The first-order chi connectivity index (χ1) is 14.2. The van der Waals surface area contributed by atoms with Gasteiger partial charge < -0.3 is 4.48 Å². The largest absolute Gasteiger partial charge is 0.321 e. The van der Waals surface area contributed by atoms with Crippen molar-refractivity contribution in [3.8, 4) is 0 Å². The minimum atomic E-state index is 0.466. The van der Waals surface area contributed by atoms with Crippen LogP contribution in [0.15, 0.2) is 68.8 Å². The van der Waals surface area contributed by atoms with E-state index < -0.39 is 0 Å². The fraction of sp³-hybridized carbons (Fsp3) is 0.440. The molecular formula is C25H30BrClN3+. The van der Waals surface area contributed by atoms with Crippen LogP contribution in [0.2, 0.25) is 5.02 Å². The zero-order valence-electron chi connectivity index (χ0n) is 18.2. The highest BCUT2D eigenvalue weighted by Gasteiger charge is 2.52. The lowest BCUT2D eigenvalue weighted by Gasteiger charge is -2.57. The van der Waals surface area contributed by atoms with E-state index in [2.05, 4.69) is 66.2 Å². The highest BCUT2D eigenvalue weighted by molar-refractivity contribution is 9.10. The van der Waals surface area contributed by atoms with Crippen molar-refractivity contribution in [2.75, 3.05) is 20.6 Å². The quantitative estimate of drug-likeness (QED) is 0.223. The Balaban J connectivity index is 1.49. The van der Waals surface area contributed by atoms with Crippen molar-refractivity contribution >= 4 is 38.9 Å². The summed E-state index contributed by atoms with van der Waals surface area (Å²) in [5.74, 6) is 1.62. The Morgan fingerprint density at radius 1 is 1.10 bits per heavy atom. The normalized spacial score (nSPS) is 22.7. The summed E-state index contributed by atoms with van der Waals surface area (Å²) >= 11 is 10.1. The van der Waals surface area contributed by atoms with Gasteiger partial charge in [-0.2, -0.15) is 5.11 Å². The van der Waals surface area contributed by atoms with Crippen molar-refractivity contribution in [2.24, 2.45) is 27.5 Å². The Bertz CT molecular complexity index is 1010. The average molecular weight is 488 g/mol. The van der Waals surface area contributed by atoms with Crippen molar-refractivity contribution < 1.29 is 4.48 Å². The first-order valence-electron chi connectivity index (χ1n) is 10.6. The minimum Gasteiger partial charge on any atom is -0.321 e. The Hall–Kier alpha value is -1.49. The third-order valence-corrected chi connectivity index (χ3v) is 7.99. The number of hydrogen-bond acceptors (Lipinski definition) is 2. The van der Waals surface area contributed by atoms with Gasteiger partial charge >= 0.3 is 0 Å². The monoisotopic (exact) mass is 486 g/mol. The van der Waals surface area contributed by atoms with Gasteiger partial charge in [-0.1, -0.05) is 43.7 Å². The van der Waals surface area contributed by atoms with E-state index in [-0.39, 0.29) is 0 Å². The summed E-state index contributed by atoms with van der Waals surface area (Å²) in [6.45, 7) is 6.82. The van der Waals surface area contributed by atoms with Gasteiger partial charge in [-0.25, -0.2) is 0 Å². The van der Waals surface area contributed by atoms with E-state index in [1.165, 1.54) is 12.8 Å². The van der Waals surface area contributed by atoms with E-state index in [0.29, 0.717) is 5.41 Å². The van der Waals surface area contributed by atoms with Crippen molar-refractivity contribution in [1.82, 2.24) is 0 Å². The van der Waals surface area contributed by atoms with E-state index in [0.717, 1.165) is 55.8 Å². The highest BCUT2D eigenvalue weighted by Crippen LogP contribution is 2.59. The third kappa shape index (κ3) is 4.42. The molecule has 3 aliphatic carbocycles. The van der Waals surface area contributed by atoms with Crippen molar-refractivity contribution in [2.45, 2.75) is 33.2 Å². The van der Waals surface area contributed by atoms with E-state index in [1.54, 1.807) is 5.57 Å². The molecule has 1 fully saturated rings. The van der Waals surface area contributed by atoms with Gasteiger partial charge in [0.05, 0.1) is 25.5 Å². The Labute approximate surface area is 193 Å². The van der Waals surface area contributed by atoms with Gasteiger partial charge in [0, 0.05) is 15.1 Å². The molecule has 0 aliphatic heterocycles. The molecule has 0 amide bonds. The predicted octanol–water partition coefficient (Wildman–Crippen LogP) is 8.09. The number of halogens is 2. The van der Waals surface area contributed by atoms with Crippen LogP contribution in [-0.4, -0.2) is 25.1 Å². The molecule has 2 unspecified atom stereocenters. The molecule has 2 bridgehead atoms. The maximum atomic E-state index is 6.56. The second-order valence-corrected chi connectivity index (χ2v) is 11.3. The molecule has 0 spiro atoms. The maximum absolute atomic E-state index is 6.56. The number of azo groups is 1. The smallest absolute Gasteiger partial charge is 0.106 e. The molecule has 2 atom stereocenters. The number of fused-ring (bicyclic) bond motifs is 1. The molecular weight excluding hydrogens is 458 g/mol. The fourth-order valence-corrected chi connectivity index (χ4v) is 5.60. The van der Waals surface area contributed by atoms with E-state index in [1.807, 2.05) is 36.4 Å². The minimum absolute atomic E-state index is 0.466. The van der Waals surface area contributed by atoms with Crippen LogP contribution in [0, 0.1) is 17.3 Å². The molecule has 0 radical (unpaired) electrons. The SMILES string of the molecule is CC1(C)C2CC=C(C[N+](C)(C)Cc3cc(N=Nc4ccccc4Br)ccc3Cl)C1C2. The van der Waals surface area contributed by atoms with Crippen LogP contribution < -0.4 is 0 Å². The first kappa shape index (κ1) is 21.7. The van der Waals surface area contributed by atoms with Gasteiger partial charge in [-0.05, 0) is 81.9 Å². The van der Waals surface area contributed by atoms with E-state index >= 15 is 0 Å². The summed E-state index contributed by atoms with van der Waals surface area (Å²) in [6, 6.07) is 13.8. The standard InChI is InChI=1S/C25H30BrClN3/c1-25(2)19-10-9-17(21(25)14-19)15-30(3,4)16-18-13-20(11-12-23(18)27)28-29-24-8-6-5-7-22(24)26/h5-9,11-13,19,21H,10,14-16H2,1-4H3/q+1. The van der Waals surface area contributed by atoms with Crippen molar-refractivity contribution in [3.63, 3.8) is 0 Å². The van der Waals surface area contributed by atoms with Gasteiger partial charge in [0.1, 0.15) is 13.1 Å². The summed E-state index contributed by atoms with van der Waals surface area (Å²) < 4.78 is 1.82. The molecule has 1 saturated carbocycles. The van der Waals surface area contributed by atoms with E-state index in [9.17, 15) is 0 Å². The van der Waals surface area contributed by atoms with Gasteiger partial charge in [-0.3, -0.25) is 0 Å². The van der Waals surface area contributed by atoms with Crippen LogP contribution in [0.5, 0.6) is 0 Å². The van der Waals surface area contributed by atoms with Gasteiger partial charge in [-0.15, -0.1) is 5.11 Å². The molecule has 2 aromatic rings. The second kappa shape index (κ2) is 8.22. The molecule has 30 heavy (non-hydrogen) atoms. The zero-order valence-corrected chi connectivity index (χ0v) is 20.5. The number of likely N-dealkylation sites (N-methyl/N-ethyl adjacent to an activating group) is 1. The van der Waals surface area contributed by atoms with Crippen LogP contribution >= 0.6 is 27.5 Å². The molecule has 158 valence electrons. The molecule has 0 saturated heterocycles. The number of allylic oxidation sites excluding steroid dienone is 1. The molecule has 0 N–H and O–H groups in total. The van der Waals surface area contributed by atoms with Crippen LogP contribution in [0.25, 0.3) is 0 Å². The molecule has 3 aliphatic rings. The van der Waals surface area contributed by atoms with Crippen LogP contribution in [-0.2, 0) is 6.54 Å². The lowest BCUT2D eigenvalue weighted by molar-refractivity contribution is -0.899. The number of benzene rings is 2. The summed E-state index contributed by atoms with van der Waals surface area (Å²) in [7, 11) is 4.59. The van der Waals surface area contributed by atoms with Crippen molar-refractivity contribution in [1.29, 1.82) is 0 Å². The van der Waals surface area contributed by atoms with Crippen molar-refractivity contribution in [3.05, 3.63) is 69.2 Å². The van der Waals surface area contributed by atoms with Crippen LogP contribution in [0.1, 0.15) is 32.3 Å². The topological polar surface area (TPSA) is 24.7 Å². The Morgan fingerprint density at radius 2 is 1.87 bits per heavy atom. The number of quaternary nitrogens is 1. The molecule has 0 aromatic heterocycles. The Kier molecular flexibility index (Phi) is 5.95. The predicted molar refractivity (Wildman–Crippen MR) is 129 cm³/mol. The second-order valence-electron chi connectivity index (χ2n) is 10.0. The zero-order chi connectivity index (χ0) is 21.5. The lowest BCUT2D eigenvalue weighted by Crippen LogP contribution is -2.52. The molecule has 5 heteroatoms. The third-order valence-electron chi connectivity index (χ3n) is 6.95. The number of nitrogens with zero attached hydrogens (tertiary/aromatic N) is 3. The lowest BCUT2D eigenvalue weighted by atomic mass is 9.49. The summed E-state index contributed by atoms with van der Waals surface area (Å²) in [5.41, 5.74) is 4.86. The Morgan fingerprint density at radius 3 is 2.57 bits per heavy atom. The summed E-state index contributed by atoms with van der Waals surface area (Å²) in [4.78, 5) is 0. The highest BCUT2D eigenvalue weighted by atomic mass is 79.9. The first-order valence-corrected chi connectivity index (χ1v) is 11.8. The van der Waals surface area contributed by atoms with Gasteiger partial charge in [0.2, 0.25) is 0 Å². The maximum Gasteiger partial charge on any atom is 0.106 e. The van der Waals surface area contributed by atoms with Crippen LogP contribution in [0.4, 0.5) is 11.4 Å². The molecule has 0 heterocycles. The number of rotatable bonds is 6. The van der Waals surface area contributed by atoms with Gasteiger partial charge in [0.15, 0.2) is 0 Å². The molecule has 2 aromatic carbocycles. The van der Waals surface area contributed by atoms with E-state index in [4.69, 9.17) is 11.6 Å². The average Bonchev–Trinajstić information content (AvgIpc) is 2.69. The fourth-order valence-electron chi connectivity index (χ4n) is 5.06. The molecule has 5 rings (SSSR count). The summed E-state index contributed by atoms with van der Waals surface area (Å²) in [6.07, 6.45) is 5.11. The number of hydrogen-bond donors (Lipinski definition) is 0. The summed E-state index contributed by atoms with van der Waals surface area (Å²) in [5, 5.41) is 9.62. The van der Waals surface area contributed by atoms with Gasteiger partial charge in [0.25, 0.3) is 0 Å².